The zero-order valence-electron chi connectivity index (χ0n) is 9.21. The molecule has 0 N–H and O–H groups in total. The SMILES string of the molecule is COc1cc(Cl)ccc1-c1ccc(P)cc1F. The van der Waals surface area contributed by atoms with Gasteiger partial charge in [-0.2, -0.15) is 0 Å². The molecule has 0 fully saturated rings. The van der Waals surface area contributed by atoms with Gasteiger partial charge < -0.3 is 4.74 Å². The van der Waals surface area contributed by atoms with Crippen LogP contribution in [0.25, 0.3) is 11.1 Å². The Morgan fingerprint density at radius 1 is 1.12 bits per heavy atom. The summed E-state index contributed by atoms with van der Waals surface area (Å²) in [5, 5.41) is 1.37. The van der Waals surface area contributed by atoms with Crippen LogP contribution in [0.3, 0.4) is 0 Å². The Morgan fingerprint density at radius 2 is 1.82 bits per heavy atom. The molecule has 2 aromatic rings. The second-order valence-corrected chi connectivity index (χ2v) is 4.69. The van der Waals surface area contributed by atoms with E-state index >= 15 is 0 Å². The van der Waals surface area contributed by atoms with E-state index in [0.29, 0.717) is 21.9 Å². The Kier molecular flexibility index (Phi) is 3.66. The van der Waals surface area contributed by atoms with Crippen LogP contribution in [0, 0.1) is 5.82 Å². The van der Waals surface area contributed by atoms with E-state index in [-0.39, 0.29) is 5.82 Å². The predicted octanol–water partition coefficient (Wildman–Crippen LogP) is 3.66. The van der Waals surface area contributed by atoms with Gasteiger partial charge in [0.1, 0.15) is 11.6 Å². The average molecular weight is 269 g/mol. The molecule has 0 aliphatic heterocycles. The Bertz CT molecular complexity index is 557. The number of ether oxygens (including phenoxy) is 1. The van der Waals surface area contributed by atoms with Crippen molar-refractivity contribution < 1.29 is 9.13 Å². The van der Waals surface area contributed by atoms with E-state index in [1.165, 1.54) is 13.2 Å². The molecule has 1 atom stereocenters. The van der Waals surface area contributed by atoms with Crippen LogP contribution in [-0.4, -0.2) is 7.11 Å². The van der Waals surface area contributed by atoms with Crippen LogP contribution in [0.4, 0.5) is 4.39 Å². The fourth-order valence-corrected chi connectivity index (χ4v) is 2.04. The monoisotopic (exact) mass is 268 g/mol. The third-order valence-electron chi connectivity index (χ3n) is 2.45. The quantitative estimate of drug-likeness (QED) is 0.756. The molecule has 0 saturated carbocycles. The molecule has 2 aromatic carbocycles. The molecular formula is C13H11ClFOP. The molecule has 0 bridgehead atoms. The molecule has 0 aliphatic rings. The fraction of sp³-hybridized carbons (Fsp3) is 0.0769. The molecule has 17 heavy (non-hydrogen) atoms. The van der Waals surface area contributed by atoms with Crippen molar-refractivity contribution in [1.29, 1.82) is 0 Å². The van der Waals surface area contributed by atoms with Crippen molar-refractivity contribution in [1.82, 2.24) is 0 Å². The lowest BCUT2D eigenvalue weighted by atomic mass is 10.0. The second-order valence-electron chi connectivity index (χ2n) is 3.58. The number of hydrogen-bond donors (Lipinski definition) is 0. The van der Waals surface area contributed by atoms with Crippen LogP contribution in [0.2, 0.25) is 5.02 Å². The number of rotatable bonds is 2. The summed E-state index contributed by atoms with van der Waals surface area (Å²) in [4.78, 5) is 0. The molecule has 2 rings (SSSR count). The lowest BCUT2D eigenvalue weighted by Crippen LogP contribution is -1.95. The Balaban J connectivity index is 2.60. The third-order valence-corrected chi connectivity index (χ3v) is 3.04. The van der Waals surface area contributed by atoms with Gasteiger partial charge in [-0.1, -0.05) is 23.7 Å². The summed E-state index contributed by atoms with van der Waals surface area (Å²) in [6.07, 6.45) is 0. The van der Waals surface area contributed by atoms with Gasteiger partial charge >= 0.3 is 0 Å². The summed E-state index contributed by atoms with van der Waals surface area (Å²) in [6.45, 7) is 0. The van der Waals surface area contributed by atoms with Crippen LogP contribution in [0.5, 0.6) is 5.75 Å². The van der Waals surface area contributed by atoms with Crippen LogP contribution in [0.1, 0.15) is 0 Å². The minimum atomic E-state index is -0.280. The molecule has 88 valence electrons. The molecule has 1 nitrogen and oxygen atoms in total. The lowest BCUT2D eigenvalue weighted by molar-refractivity contribution is 0.416. The third kappa shape index (κ3) is 2.59. The van der Waals surface area contributed by atoms with Crippen LogP contribution < -0.4 is 10.0 Å². The molecule has 0 aromatic heterocycles. The number of hydrogen-bond acceptors (Lipinski definition) is 1. The van der Waals surface area contributed by atoms with E-state index < -0.39 is 0 Å². The summed E-state index contributed by atoms with van der Waals surface area (Å²) in [7, 11) is 4.00. The first-order valence-electron chi connectivity index (χ1n) is 5.01. The fourth-order valence-electron chi connectivity index (χ4n) is 1.64. The zero-order chi connectivity index (χ0) is 12.4. The van der Waals surface area contributed by atoms with Gasteiger partial charge in [0, 0.05) is 16.1 Å². The predicted molar refractivity (Wildman–Crippen MR) is 72.7 cm³/mol. The van der Waals surface area contributed by atoms with Crippen molar-refractivity contribution in [2.45, 2.75) is 0 Å². The van der Waals surface area contributed by atoms with Gasteiger partial charge in [0.2, 0.25) is 0 Å². The largest absolute Gasteiger partial charge is 0.496 e. The molecule has 0 aliphatic carbocycles. The van der Waals surface area contributed by atoms with Crippen LogP contribution in [-0.2, 0) is 0 Å². The van der Waals surface area contributed by atoms with Crippen molar-refractivity contribution in [3.05, 3.63) is 47.2 Å². The van der Waals surface area contributed by atoms with E-state index in [1.807, 2.05) is 6.07 Å². The van der Waals surface area contributed by atoms with E-state index in [4.69, 9.17) is 16.3 Å². The van der Waals surface area contributed by atoms with Gasteiger partial charge in [0.25, 0.3) is 0 Å². The molecule has 0 saturated heterocycles. The smallest absolute Gasteiger partial charge is 0.131 e. The molecule has 4 heteroatoms. The van der Waals surface area contributed by atoms with Crippen molar-refractivity contribution >= 4 is 26.1 Å². The maximum atomic E-state index is 13.9. The highest BCUT2D eigenvalue weighted by Gasteiger charge is 2.10. The van der Waals surface area contributed by atoms with E-state index in [0.717, 1.165) is 5.30 Å². The van der Waals surface area contributed by atoms with Gasteiger partial charge in [-0.05, 0) is 29.6 Å². The minimum Gasteiger partial charge on any atom is -0.496 e. The van der Waals surface area contributed by atoms with Crippen LogP contribution in [0.15, 0.2) is 36.4 Å². The first-order valence-corrected chi connectivity index (χ1v) is 5.96. The summed E-state index contributed by atoms with van der Waals surface area (Å²) in [5.74, 6) is 0.283. The standard InChI is InChI=1S/C13H11ClFOP/c1-16-13-6-8(14)2-4-11(13)10-5-3-9(17)7-12(10)15/h2-7H,17H2,1H3. The zero-order valence-corrected chi connectivity index (χ0v) is 11.1. The number of benzene rings is 2. The first-order chi connectivity index (χ1) is 8.11. The number of halogens is 2. The summed E-state index contributed by atoms with van der Waals surface area (Å²) < 4.78 is 19.1. The van der Waals surface area contributed by atoms with E-state index in [2.05, 4.69) is 9.24 Å². The van der Waals surface area contributed by atoms with E-state index in [1.54, 1.807) is 24.3 Å². The summed E-state index contributed by atoms with van der Waals surface area (Å²) in [5.41, 5.74) is 1.20. The highest BCUT2D eigenvalue weighted by Crippen LogP contribution is 2.33. The highest BCUT2D eigenvalue weighted by atomic mass is 35.5. The maximum absolute atomic E-state index is 13.9. The molecular weight excluding hydrogens is 258 g/mol. The second kappa shape index (κ2) is 5.03. The minimum absolute atomic E-state index is 0.280. The van der Waals surface area contributed by atoms with Gasteiger partial charge in [0.05, 0.1) is 7.11 Å². The Hall–Kier alpha value is -1.11. The average Bonchev–Trinajstić information content (AvgIpc) is 2.30. The van der Waals surface area contributed by atoms with Gasteiger partial charge in [-0.15, -0.1) is 9.24 Å². The van der Waals surface area contributed by atoms with Gasteiger partial charge in [-0.3, -0.25) is 0 Å². The van der Waals surface area contributed by atoms with Crippen molar-refractivity contribution in [3.8, 4) is 16.9 Å². The van der Waals surface area contributed by atoms with Crippen molar-refractivity contribution in [3.63, 3.8) is 0 Å². The molecule has 0 radical (unpaired) electrons. The van der Waals surface area contributed by atoms with Crippen LogP contribution >= 0.6 is 20.8 Å². The number of methoxy groups -OCH3 is 1. The van der Waals surface area contributed by atoms with E-state index in [9.17, 15) is 4.39 Å². The lowest BCUT2D eigenvalue weighted by Gasteiger charge is -2.10. The summed E-state index contributed by atoms with van der Waals surface area (Å²) >= 11 is 5.87. The van der Waals surface area contributed by atoms with Crippen molar-refractivity contribution in [2.75, 3.05) is 7.11 Å². The molecule has 0 heterocycles. The molecule has 1 unspecified atom stereocenters. The first kappa shape index (κ1) is 12.3. The maximum Gasteiger partial charge on any atom is 0.131 e. The Morgan fingerprint density at radius 3 is 2.47 bits per heavy atom. The molecule has 0 spiro atoms. The highest BCUT2D eigenvalue weighted by molar-refractivity contribution is 7.27. The molecule has 0 amide bonds. The topological polar surface area (TPSA) is 9.23 Å². The summed E-state index contributed by atoms with van der Waals surface area (Å²) in [6, 6.07) is 10.2. The Labute approximate surface area is 107 Å². The van der Waals surface area contributed by atoms with Gasteiger partial charge in [0.15, 0.2) is 0 Å². The normalized spacial score (nSPS) is 10.4. The van der Waals surface area contributed by atoms with Crippen molar-refractivity contribution in [2.24, 2.45) is 0 Å². The van der Waals surface area contributed by atoms with Gasteiger partial charge in [-0.25, -0.2) is 4.39 Å².